The molecule has 0 fully saturated rings. The quantitative estimate of drug-likeness (QED) is 0.750. The number of halogens is 3. The van der Waals surface area contributed by atoms with Crippen molar-refractivity contribution >= 4 is 31.9 Å². The number of alkyl halides is 1. The minimum atomic E-state index is -0.278. The van der Waals surface area contributed by atoms with Crippen molar-refractivity contribution in [1.82, 2.24) is 14.8 Å². The van der Waals surface area contributed by atoms with Crippen molar-refractivity contribution in [3.63, 3.8) is 0 Å². The molecule has 0 saturated carbocycles. The molecular weight excluding hydrogens is 365 g/mol. The van der Waals surface area contributed by atoms with Gasteiger partial charge in [0.15, 0.2) is 5.82 Å². The monoisotopic (exact) mass is 375 g/mol. The predicted octanol–water partition coefficient (Wildman–Crippen LogP) is 4.15. The zero-order chi connectivity index (χ0) is 13.1. The van der Waals surface area contributed by atoms with Crippen LogP contribution in [0.15, 0.2) is 22.7 Å². The van der Waals surface area contributed by atoms with Gasteiger partial charge in [0.1, 0.15) is 11.6 Å². The van der Waals surface area contributed by atoms with E-state index >= 15 is 0 Å². The minimum Gasteiger partial charge on any atom is -0.310 e. The van der Waals surface area contributed by atoms with E-state index in [-0.39, 0.29) is 5.82 Å². The van der Waals surface area contributed by atoms with Gasteiger partial charge in [-0.1, -0.05) is 38.8 Å². The maximum absolute atomic E-state index is 13.4. The summed E-state index contributed by atoms with van der Waals surface area (Å²) in [7, 11) is 0. The second kappa shape index (κ2) is 5.93. The van der Waals surface area contributed by atoms with Crippen LogP contribution in [-0.2, 0) is 11.9 Å². The lowest BCUT2D eigenvalue weighted by molar-refractivity contribution is 0.626. The number of rotatable bonds is 4. The Bertz CT molecular complexity index is 554. The minimum absolute atomic E-state index is 0.278. The smallest absolute Gasteiger partial charge is 0.165 e. The lowest BCUT2D eigenvalue weighted by Gasteiger charge is -2.09. The van der Waals surface area contributed by atoms with E-state index in [1.165, 1.54) is 12.1 Å². The third-order valence-electron chi connectivity index (χ3n) is 2.56. The molecular formula is C12H12Br2FN3. The molecule has 18 heavy (non-hydrogen) atoms. The van der Waals surface area contributed by atoms with Crippen molar-refractivity contribution < 1.29 is 4.39 Å². The molecule has 0 saturated heterocycles. The summed E-state index contributed by atoms with van der Waals surface area (Å²) in [6.07, 6.45) is 0.970. The molecule has 0 spiro atoms. The van der Waals surface area contributed by atoms with Gasteiger partial charge < -0.3 is 4.57 Å². The van der Waals surface area contributed by atoms with E-state index < -0.39 is 0 Å². The SMILES string of the molecule is CCCn1c(CBr)nnc1-c1cc(F)ccc1Br. The Morgan fingerprint density at radius 1 is 1.33 bits per heavy atom. The van der Waals surface area contributed by atoms with Crippen molar-refractivity contribution in [2.24, 2.45) is 0 Å². The lowest BCUT2D eigenvalue weighted by atomic mass is 10.2. The summed E-state index contributed by atoms with van der Waals surface area (Å²) in [6, 6.07) is 4.57. The summed E-state index contributed by atoms with van der Waals surface area (Å²) in [5, 5.41) is 8.92. The first-order valence-corrected chi connectivity index (χ1v) is 7.52. The average Bonchev–Trinajstić information content (AvgIpc) is 2.76. The second-order valence-corrected chi connectivity index (χ2v) is 5.26. The number of hydrogen-bond donors (Lipinski definition) is 0. The Morgan fingerprint density at radius 2 is 2.11 bits per heavy atom. The summed E-state index contributed by atoms with van der Waals surface area (Å²) in [5.41, 5.74) is 0.725. The van der Waals surface area contributed by atoms with Gasteiger partial charge >= 0.3 is 0 Å². The van der Waals surface area contributed by atoms with Gasteiger partial charge in [0.25, 0.3) is 0 Å². The number of benzene rings is 1. The van der Waals surface area contributed by atoms with Crippen molar-refractivity contribution in [2.75, 3.05) is 0 Å². The van der Waals surface area contributed by atoms with Crippen molar-refractivity contribution in [3.05, 3.63) is 34.3 Å². The van der Waals surface area contributed by atoms with E-state index in [9.17, 15) is 4.39 Å². The van der Waals surface area contributed by atoms with Crippen LogP contribution >= 0.6 is 31.9 Å². The fraction of sp³-hybridized carbons (Fsp3) is 0.333. The van der Waals surface area contributed by atoms with Crippen LogP contribution in [0.25, 0.3) is 11.4 Å². The van der Waals surface area contributed by atoms with Gasteiger partial charge in [-0.15, -0.1) is 10.2 Å². The van der Waals surface area contributed by atoms with Crippen molar-refractivity contribution in [1.29, 1.82) is 0 Å². The molecule has 0 amide bonds. The summed E-state index contributed by atoms with van der Waals surface area (Å²) in [5.74, 6) is 1.26. The molecule has 0 N–H and O–H groups in total. The first kappa shape index (κ1) is 13.7. The Morgan fingerprint density at radius 3 is 2.78 bits per heavy atom. The maximum Gasteiger partial charge on any atom is 0.165 e. The summed E-state index contributed by atoms with van der Waals surface area (Å²) in [6.45, 7) is 2.90. The first-order chi connectivity index (χ1) is 8.67. The van der Waals surface area contributed by atoms with E-state index in [0.29, 0.717) is 11.2 Å². The largest absolute Gasteiger partial charge is 0.310 e. The van der Waals surface area contributed by atoms with E-state index in [1.54, 1.807) is 6.07 Å². The molecule has 0 unspecified atom stereocenters. The van der Waals surface area contributed by atoms with Crippen LogP contribution in [0.3, 0.4) is 0 Å². The zero-order valence-corrected chi connectivity index (χ0v) is 13.0. The molecule has 0 aliphatic rings. The van der Waals surface area contributed by atoms with Crippen molar-refractivity contribution in [2.45, 2.75) is 25.2 Å². The van der Waals surface area contributed by atoms with Crippen LogP contribution < -0.4 is 0 Å². The maximum atomic E-state index is 13.4. The molecule has 2 aromatic rings. The van der Waals surface area contributed by atoms with Crippen LogP contribution in [-0.4, -0.2) is 14.8 Å². The van der Waals surface area contributed by atoms with Crippen LogP contribution in [0.4, 0.5) is 4.39 Å². The molecule has 0 atom stereocenters. The second-order valence-electron chi connectivity index (χ2n) is 3.85. The number of nitrogens with zero attached hydrogens (tertiary/aromatic N) is 3. The van der Waals surface area contributed by atoms with E-state index in [4.69, 9.17) is 0 Å². The molecule has 1 heterocycles. The Hall–Kier alpha value is -0.750. The van der Waals surface area contributed by atoms with Gasteiger partial charge in [-0.3, -0.25) is 0 Å². The Balaban J connectivity index is 2.56. The van der Waals surface area contributed by atoms with Gasteiger partial charge in [0.05, 0.1) is 5.33 Å². The van der Waals surface area contributed by atoms with Crippen molar-refractivity contribution in [3.8, 4) is 11.4 Å². The fourth-order valence-electron chi connectivity index (χ4n) is 1.76. The molecule has 0 radical (unpaired) electrons. The van der Waals surface area contributed by atoms with E-state index in [0.717, 1.165) is 28.8 Å². The highest BCUT2D eigenvalue weighted by atomic mass is 79.9. The Labute approximate surface area is 122 Å². The van der Waals surface area contributed by atoms with Crippen LogP contribution in [0.5, 0.6) is 0 Å². The summed E-state index contributed by atoms with van der Waals surface area (Å²) >= 11 is 6.81. The molecule has 0 aliphatic carbocycles. The van der Waals surface area contributed by atoms with Crippen LogP contribution in [0.1, 0.15) is 19.2 Å². The highest BCUT2D eigenvalue weighted by Crippen LogP contribution is 2.28. The average molecular weight is 377 g/mol. The molecule has 96 valence electrons. The zero-order valence-electron chi connectivity index (χ0n) is 9.83. The summed E-state index contributed by atoms with van der Waals surface area (Å²) in [4.78, 5) is 0. The molecule has 6 heteroatoms. The van der Waals surface area contributed by atoms with Crippen LogP contribution in [0, 0.1) is 5.82 Å². The van der Waals surface area contributed by atoms with Gasteiger partial charge in [-0.25, -0.2) is 4.39 Å². The van der Waals surface area contributed by atoms with Gasteiger partial charge in [0, 0.05) is 16.6 Å². The number of aromatic nitrogens is 3. The van der Waals surface area contributed by atoms with E-state index in [1.807, 2.05) is 4.57 Å². The normalized spacial score (nSPS) is 10.9. The van der Waals surface area contributed by atoms with Crippen LogP contribution in [0.2, 0.25) is 0 Å². The third-order valence-corrected chi connectivity index (χ3v) is 3.76. The molecule has 0 bridgehead atoms. The fourth-order valence-corrected chi connectivity index (χ4v) is 2.60. The number of hydrogen-bond acceptors (Lipinski definition) is 2. The predicted molar refractivity (Wildman–Crippen MR) is 76.0 cm³/mol. The molecule has 1 aromatic heterocycles. The topological polar surface area (TPSA) is 30.7 Å². The molecule has 3 nitrogen and oxygen atoms in total. The van der Waals surface area contributed by atoms with E-state index in [2.05, 4.69) is 49.0 Å². The third kappa shape index (κ3) is 2.64. The molecule has 0 aliphatic heterocycles. The highest BCUT2D eigenvalue weighted by molar-refractivity contribution is 9.10. The summed E-state index contributed by atoms with van der Waals surface area (Å²) < 4.78 is 16.2. The highest BCUT2D eigenvalue weighted by Gasteiger charge is 2.15. The standard InChI is InChI=1S/C12H12Br2FN3/c1-2-5-18-11(7-13)16-17-12(18)9-6-8(15)3-4-10(9)14/h3-4,6H,2,5,7H2,1H3. The lowest BCUT2D eigenvalue weighted by Crippen LogP contribution is -2.04. The molecule has 1 aromatic carbocycles. The van der Waals surface area contributed by atoms with Gasteiger partial charge in [-0.2, -0.15) is 0 Å². The van der Waals surface area contributed by atoms with Gasteiger partial charge in [0.2, 0.25) is 0 Å². The first-order valence-electron chi connectivity index (χ1n) is 5.60. The Kier molecular flexibility index (Phi) is 4.50. The molecule has 2 rings (SSSR count). The van der Waals surface area contributed by atoms with Gasteiger partial charge in [-0.05, 0) is 24.6 Å².